The van der Waals surface area contributed by atoms with E-state index in [2.05, 4.69) is 49.2 Å². The minimum absolute atomic E-state index is 0.0149. The van der Waals surface area contributed by atoms with E-state index >= 15 is 0 Å². The van der Waals surface area contributed by atoms with Crippen LogP contribution in [0.2, 0.25) is 0 Å². The highest BCUT2D eigenvalue weighted by atomic mass is 33.1. The summed E-state index contributed by atoms with van der Waals surface area (Å²) in [5.74, 6) is -7.73. The lowest BCUT2D eigenvalue weighted by Crippen LogP contribution is -2.59. The first-order valence-electron chi connectivity index (χ1n) is 22.7. The molecule has 70 heavy (non-hydrogen) atoms. The Balaban J connectivity index is 1.45. The highest BCUT2D eigenvalue weighted by Gasteiger charge is 2.40. The number of aromatic amines is 1. The van der Waals surface area contributed by atoms with Gasteiger partial charge in [-0.15, -0.1) is 0 Å². The van der Waals surface area contributed by atoms with Crippen molar-refractivity contribution in [3.63, 3.8) is 0 Å². The van der Waals surface area contributed by atoms with Crippen molar-refractivity contribution < 1.29 is 58.2 Å². The number of aliphatic carboxylic acids is 2. The zero-order valence-corrected chi connectivity index (χ0v) is 40.9. The zero-order chi connectivity index (χ0) is 51.3. The molecule has 0 radical (unpaired) electrons. The van der Waals surface area contributed by atoms with E-state index in [1.807, 2.05) is 0 Å². The van der Waals surface area contributed by atoms with E-state index in [0.29, 0.717) is 55.7 Å². The van der Waals surface area contributed by atoms with Crippen LogP contribution in [0.4, 0.5) is 0 Å². The minimum atomic E-state index is -1.76. The van der Waals surface area contributed by atoms with E-state index in [-0.39, 0.29) is 62.8 Å². The number of carbonyl (C=O) groups excluding carboxylic acids is 8. The fourth-order valence-electron chi connectivity index (χ4n) is 7.95. The van der Waals surface area contributed by atoms with Gasteiger partial charge in [0.2, 0.25) is 47.3 Å². The van der Waals surface area contributed by atoms with Crippen LogP contribution in [0, 0.1) is 0 Å². The molecule has 0 saturated carbocycles. The Kier molecular flexibility index (Phi) is 22.9. The molecule has 24 nitrogen and oxygen atoms in total. The summed E-state index contributed by atoms with van der Waals surface area (Å²) in [6, 6.07) is -0.208. The number of para-hydroxylation sites is 1. The first-order chi connectivity index (χ1) is 33.4. The maximum Gasteiger partial charge on any atom is 0.305 e. The molecule has 2 saturated heterocycles. The van der Waals surface area contributed by atoms with Gasteiger partial charge in [0, 0.05) is 66.8 Å². The SMILES string of the molecule is NC(=O)[C@H](CS)NC(=O)[C@@H]1CCCN1C(=O)[C@H](Cc1c[nH]c2ccccc12)NC(=O)[C@H](CC(=O)O)NC(=O)CNC(=O)[C@H](CCCCN=C(N)N)NC(=O)[C@@H]1CCCN1C(=O)CCSSCCC(=O)O. The van der Waals surface area contributed by atoms with Gasteiger partial charge in [0.1, 0.15) is 36.3 Å². The largest absolute Gasteiger partial charge is 0.481 e. The van der Waals surface area contributed by atoms with Gasteiger partial charge in [-0.25, -0.2) is 0 Å². The molecule has 27 heteroatoms. The first-order valence-corrected chi connectivity index (χ1v) is 25.8. The molecule has 14 N–H and O–H groups in total. The summed E-state index contributed by atoms with van der Waals surface area (Å²) >= 11 is 4.07. The van der Waals surface area contributed by atoms with Crippen molar-refractivity contribution in [2.45, 2.75) is 107 Å². The molecule has 6 atom stereocenters. The summed E-state index contributed by atoms with van der Waals surface area (Å²) in [6.07, 6.45) is 3.02. The second-order valence-electron chi connectivity index (χ2n) is 16.5. The number of nitrogens with one attached hydrogen (secondary N) is 6. The standard InChI is InChI=1S/C43H62N12O12S3/c44-37(62)30(23-68)53-41(66)32-11-6-16-55(32)42(67)29(19-24-21-48-26-8-2-1-7-25(24)26)52-39(64)28(20-36(60)61)50-33(56)22-49-38(63)27(9-3-4-14-47-43(45)46)51-40(65)31-10-5-15-54(31)34(57)12-17-69-70-18-13-35(58)59/h1-2,7-8,21,27-32,48,68H,3-6,9-20,22-23H2,(H2,44,62)(H,49,63)(H,50,56)(H,51,65)(H,52,64)(H,53,66)(H,58,59)(H,60,61)(H4,45,46,47)/t27-,28-,29-,30-,31-,32-/m0/s1. The van der Waals surface area contributed by atoms with Crippen LogP contribution in [0.3, 0.4) is 0 Å². The number of fused-ring (bicyclic) bond motifs is 1. The number of aromatic nitrogens is 1. The molecule has 0 bridgehead atoms. The molecule has 384 valence electrons. The molecule has 4 rings (SSSR count). The van der Waals surface area contributed by atoms with Crippen LogP contribution in [0.5, 0.6) is 0 Å². The smallest absolute Gasteiger partial charge is 0.305 e. The molecular weight excluding hydrogens is 973 g/mol. The number of likely N-dealkylation sites (tertiary alicyclic amines) is 2. The quantitative estimate of drug-likeness (QED) is 0.0142. The Bertz CT molecular complexity index is 2250. The van der Waals surface area contributed by atoms with Crippen molar-refractivity contribution in [2.24, 2.45) is 22.2 Å². The lowest BCUT2D eigenvalue weighted by atomic mass is 10.0. The van der Waals surface area contributed by atoms with E-state index in [4.69, 9.17) is 22.3 Å². The number of nitrogens with zero attached hydrogens (tertiary/aromatic N) is 3. The second-order valence-corrected chi connectivity index (χ2v) is 19.6. The minimum Gasteiger partial charge on any atom is -0.481 e. The predicted octanol–water partition coefficient (Wildman–Crippen LogP) is -1.67. The monoisotopic (exact) mass is 1030 g/mol. The molecule has 2 aliphatic rings. The lowest BCUT2D eigenvalue weighted by molar-refractivity contribution is -0.143. The summed E-state index contributed by atoms with van der Waals surface area (Å²) in [7, 11) is 2.68. The molecule has 0 spiro atoms. The number of carbonyl (C=O) groups is 10. The topological polar surface area (TPSA) is 384 Å². The van der Waals surface area contributed by atoms with E-state index < -0.39 is 103 Å². The van der Waals surface area contributed by atoms with Crippen LogP contribution >= 0.6 is 34.2 Å². The van der Waals surface area contributed by atoms with E-state index in [0.717, 1.165) is 10.9 Å². The molecule has 2 aliphatic heterocycles. The van der Waals surface area contributed by atoms with Gasteiger partial charge in [-0.1, -0.05) is 39.8 Å². The van der Waals surface area contributed by atoms with Gasteiger partial charge in [0.05, 0.1) is 19.4 Å². The highest BCUT2D eigenvalue weighted by molar-refractivity contribution is 8.76. The molecule has 1 aromatic carbocycles. The van der Waals surface area contributed by atoms with Gasteiger partial charge >= 0.3 is 11.9 Å². The number of benzene rings is 1. The van der Waals surface area contributed by atoms with Crippen molar-refractivity contribution in [1.82, 2.24) is 41.4 Å². The van der Waals surface area contributed by atoms with E-state index in [1.54, 1.807) is 30.5 Å². The van der Waals surface area contributed by atoms with Crippen LogP contribution < -0.4 is 43.8 Å². The summed E-state index contributed by atoms with van der Waals surface area (Å²) in [5.41, 5.74) is 17.6. The Morgan fingerprint density at radius 1 is 0.771 bits per heavy atom. The number of rotatable bonds is 29. The number of thiol groups is 1. The van der Waals surface area contributed by atoms with Gasteiger partial charge in [-0.2, -0.15) is 12.6 Å². The number of H-pyrrole nitrogens is 1. The molecule has 2 fully saturated rings. The number of primary amides is 1. The second kappa shape index (κ2) is 28.4. The van der Waals surface area contributed by atoms with Crippen molar-refractivity contribution >= 4 is 110 Å². The number of unbranched alkanes of at least 4 members (excludes halogenated alkanes) is 1. The summed E-state index contributed by atoms with van der Waals surface area (Å²) in [6.45, 7) is -0.106. The fourth-order valence-corrected chi connectivity index (χ4v) is 10.2. The molecule has 1 aromatic heterocycles. The highest BCUT2D eigenvalue weighted by Crippen LogP contribution is 2.26. The van der Waals surface area contributed by atoms with Crippen LogP contribution in [-0.4, -0.2) is 170 Å². The Hall–Kier alpha value is -6.22. The molecular formula is C43H62N12O12S3. The Morgan fingerprint density at radius 3 is 2.06 bits per heavy atom. The first kappa shape index (κ1) is 56.4. The maximum atomic E-state index is 14.4. The van der Waals surface area contributed by atoms with Crippen molar-refractivity contribution in [3.05, 3.63) is 36.0 Å². The fraction of sp³-hybridized carbons (Fsp3) is 0.558. The molecule has 3 heterocycles. The predicted molar refractivity (Wildman–Crippen MR) is 264 cm³/mol. The number of amides is 8. The van der Waals surface area contributed by atoms with Crippen LogP contribution in [-0.2, 0) is 54.4 Å². The third-order valence-electron chi connectivity index (χ3n) is 11.4. The molecule has 8 amide bonds. The van der Waals surface area contributed by atoms with Gasteiger partial charge in [0.15, 0.2) is 5.96 Å². The number of hydrogen-bond donors (Lipinski definition) is 12. The molecule has 2 aromatic rings. The third-order valence-corrected chi connectivity index (χ3v) is 14.2. The number of guanidine groups is 1. The summed E-state index contributed by atoms with van der Waals surface area (Å²) in [5, 5.41) is 31.9. The summed E-state index contributed by atoms with van der Waals surface area (Å²) < 4.78 is 0. The Labute approximate surface area is 416 Å². The van der Waals surface area contributed by atoms with E-state index in [9.17, 15) is 53.1 Å². The number of carboxylic acids is 2. The normalized spacial score (nSPS) is 17.1. The van der Waals surface area contributed by atoms with Crippen molar-refractivity contribution in [2.75, 3.05) is 43.4 Å². The number of aliphatic imine (C=N–C) groups is 1. The van der Waals surface area contributed by atoms with Crippen LogP contribution in [0.1, 0.15) is 69.8 Å². The van der Waals surface area contributed by atoms with Crippen LogP contribution in [0.25, 0.3) is 10.9 Å². The average molecular weight is 1040 g/mol. The van der Waals surface area contributed by atoms with Crippen LogP contribution in [0.15, 0.2) is 35.5 Å². The molecule has 0 aliphatic carbocycles. The lowest BCUT2D eigenvalue weighted by Gasteiger charge is -2.30. The zero-order valence-electron chi connectivity index (χ0n) is 38.4. The summed E-state index contributed by atoms with van der Waals surface area (Å²) in [4.78, 5) is 140. The number of carboxylic acid groups (broad SMARTS) is 2. The van der Waals surface area contributed by atoms with Gasteiger partial charge < -0.3 is 68.8 Å². The van der Waals surface area contributed by atoms with Gasteiger partial charge in [-0.05, 0) is 56.6 Å². The average Bonchev–Trinajstić information content (AvgIpc) is 4.10. The third kappa shape index (κ3) is 17.6. The van der Waals surface area contributed by atoms with E-state index in [1.165, 1.54) is 31.4 Å². The van der Waals surface area contributed by atoms with Gasteiger partial charge in [-0.3, -0.25) is 52.9 Å². The van der Waals surface area contributed by atoms with Crippen molar-refractivity contribution in [1.29, 1.82) is 0 Å². The maximum absolute atomic E-state index is 14.4. The van der Waals surface area contributed by atoms with Gasteiger partial charge in [0.25, 0.3) is 0 Å². The molecule has 0 unspecified atom stereocenters. The Morgan fingerprint density at radius 2 is 1.41 bits per heavy atom. The van der Waals surface area contributed by atoms with Crippen molar-refractivity contribution in [3.8, 4) is 0 Å². The number of nitrogens with two attached hydrogens (primary N) is 3. The number of hydrogen-bond acceptors (Lipinski definition) is 14.